The Morgan fingerprint density at radius 3 is 2.49 bits per heavy atom. The number of nitrogens with two attached hydrogens (primary N) is 1. The van der Waals surface area contributed by atoms with Crippen molar-refractivity contribution < 1.29 is 13.9 Å². The molecule has 39 heavy (non-hydrogen) atoms. The van der Waals surface area contributed by atoms with E-state index in [0.717, 1.165) is 23.6 Å². The van der Waals surface area contributed by atoms with Crippen LogP contribution >= 0.6 is 0 Å². The molecule has 3 N–H and O–H groups in total. The molecular weight excluding hydrogens is 495 g/mol. The van der Waals surface area contributed by atoms with Crippen LogP contribution in [0.15, 0.2) is 114 Å². The minimum absolute atomic E-state index is 0.0219. The molecule has 0 aliphatic carbocycles. The van der Waals surface area contributed by atoms with Crippen LogP contribution in [0.2, 0.25) is 0 Å². The fourth-order valence-corrected chi connectivity index (χ4v) is 4.14. The topological polar surface area (TPSA) is 99.2 Å². The summed E-state index contributed by atoms with van der Waals surface area (Å²) in [6.45, 7) is 0.563. The zero-order valence-electron chi connectivity index (χ0n) is 20.9. The molecule has 0 bridgehead atoms. The summed E-state index contributed by atoms with van der Waals surface area (Å²) in [5.74, 6) is -0.916. The number of anilines is 1. The molecule has 0 saturated heterocycles. The molecule has 0 radical (unpaired) electrons. The van der Waals surface area contributed by atoms with Crippen molar-refractivity contribution in [2.75, 3.05) is 11.9 Å². The first-order valence-corrected chi connectivity index (χ1v) is 12.3. The number of nitrogens with one attached hydrogen (secondary N) is 1. The molecule has 2 heterocycles. The quantitative estimate of drug-likeness (QED) is 0.278. The van der Waals surface area contributed by atoms with E-state index in [0.29, 0.717) is 23.5 Å². The monoisotopic (exact) mass is 520 g/mol. The van der Waals surface area contributed by atoms with Crippen LogP contribution in [0.5, 0.6) is 11.5 Å². The van der Waals surface area contributed by atoms with Gasteiger partial charge in [-0.1, -0.05) is 42.5 Å². The molecule has 0 spiro atoms. The van der Waals surface area contributed by atoms with Crippen LogP contribution in [0, 0.1) is 5.82 Å². The number of hydrogen-bond acceptors (Lipinski definition) is 5. The van der Waals surface area contributed by atoms with Crippen LogP contribution in [0.1, 0.15) is 15.9 Å². The predicted molar refractivity (Wildman–Crippen MR) is 149 cm³/mol. The van der Waals surface area contributed by atoms with Crippen molar-refractivity contribution in [2.45, 2.75) is 6.42 Å². The molecule has 194 valence electrons. The van der Waals surface area contributed by atoms with E-state index in [1.54, 1.807) is 55.0 Å². The van der Waals surface area contributed by atoms with Crippen LogP contribution in [-0.2, 0) is 6.42 Å². The third-order valence-corrected chi connectivity index (χ3v) is 6.11. The summed E-state index contributed by atoms with van der Waals surface area (Å²) in [7, 11) is 0. The Balaban J connectivity index is 1.34. The fourth-order valence-electron chi connectivity index (χ4n) is 4.14. The number of pyridine rings is 2. The van der Waals surface area contributed by atoms with Gasteiger partial charge in [-0.15, -0.1) is 0 Å². The summed E-state index contributed by atoms with van der Waals surface area (Å²) in [5.41, 5.74) is 8.58. The van der Waals surface area contributed by atoms with E-state index in [1.807, 2.05) is 30.3 Å². The molecule has 0 saturated carbocycles. The summed E-state index contributed by atoms with van der Waals surface area (Å²) < 4.78 is 22.3. The predicted octanol–water partition coefficient (Wildman–Crippen LogP) is 5.58. The standard InChI is InChI=1S/C31H25FN4O3/c32-27-19-23(35-30(37)25-7-4-18-36(31(25)38)24-5-2-1-3-6-24)12-13-29(27)39-28-15-17-34-20-26(28)22-10-8-21(9-11-22)14-16-33/h1-13,15,17-20H,14,16,33H2,(H,35,37). The molecule has 7 nitrogen and oxygen atoms in total. The maximum atomic E-state index is 15.1. The first-order chi connectivity index (χ1) is 19.0. The molecule has 0 fully saturated rings. The van der Waals surface area contributed by atoms with E-state index in [-0.39, 0.29) is 17.0 Å². The van der Waals surface area contributed by atoms with Gasteiger partial charge in [0.05, 0.1) is 0 Å². The maximum Gasteiger partial charge on any atom is 0.267 e. The fraction of sp³-hybridized carbons (Fsp3) is 0.0645. The Labute approximate surface area is 224 Å². The number of ether oxygens (including phenoxy) is 1. The van der Waals surface area contributed by atoms with E-state index >= 15 is 4.39 Å². The minimum Gasteiger partial charge on any atom is -0.454 e. The third kappa shape index (κ3) is 5.76. The number of amides is 1. The van der Waals surface area contributed by atoms with Crippen molar-refractivity contribution in [3.63, 3.8) is 0 Å². The SMILES string of the molecule is NCCc1ccc(-c2cnccc2Oc2ccc(NC(=O)c3cccn(-c4ccccc4)c3=O)cc2F)cc1. The zero-order valence-corrected chi connectivity index (χ0v) is 20.9. The first kappa shape index (κ1) is 25.6. The molecule has 5 aromatic rings. The highest BCUT2D eigenvalue weighted by molar-refractivity contribution is 6.04. The minimum atomic E-state index is -0.677. The average Bonchev–Trinajstić information content (AvgIpc) is 2.96. The lowest BCUT2D eigenvalue weighted by Gasteiger charge is -2.13. The van der Waals surface area contributed by atoms with Crippen LogP contribution in [0.3, 0.4) is 0 Å². The molecule has 0 atom stereocenters. The van der Waals surface area contributed by atoms with Gasteiger partial charge in [0.25, 0.3) is 11.5 Å². The van der Waals surface area contributed by atoms with Gasteiger partial charge < -0.3 is 15.8 Å². The Morgan fingerprint density at radius 1 is 0.949 bits per heavy atom. The number of nitrogens with zero attached hydrogens (tertiary/aromatic N) is 2. The van der Waals surface area contributed by atoms with Gasteiger partial charge in [-0.25, -0.2) is 4.39 Å². The van der Waals surface area contributed by atoms with Crippen LogP contribution in [-0.4, -0.2) is 22.0 Å². The van der Waals surface area contributed by atoms with Gasteiger partial charge in [0.2, 0.25) is 0 Å². The summed E-state index contributed by atoms with van der Waals surface area (Å²) in [6, 6.07) is 25.6. The van der Waals surface area contributed by atoms with E-state index in [9.17, 15) is 9.59 Å². The van der Waals surface area contributed by atoms with Crippen molar-refractivity contribution in [1.29, 1.82) is 0 Å². The van der Waals surface area contributed by atoms with Crippen molar-refractivity contribution in [3.8, 4) is 28.3 Å². The second kappa shape index (κ2) is 11.5. The zero-order chi connectivity index (χ0) is 27.2. The number of hydrogen-bond donors (Lipinski definition) is 2. The molecular formula is C31H25FN4O3. The number of rotatable bonds is 8. The van der Waals surface area contributed by atoms with Gasteiger partial charge in [-0.05, 0) is 66.6 Å². The highest BCUT2D eigenvalue weighted by atomic mass is 19.1. The lowest BCUT2D eigenvalue weighted by atomic mass is 10.0. The van der Waals surface area contributed by atoms with Crippen LogP contribution in [0.4, 0.5) is 10.1 Å². The normalized spacial score (nSPS) is 10.7. The summed E-state index contributed by atoms with van der Waals surface area (Å²) in [4.78, 5) is 30.0. The second-order valence-electron chi connectivity index (χ2n) is 8.74. The van der Waals surface area contributed by atoms with E-state index in [1.165, 1.54) is 22.8 Å². The number of carbonyl (C=O) groups is 1. The van der Waals surface area contributed by atoms with E-state index in [4.69, 9.17) is 10.5 Å². The Hall–Kier alpha value is -5.08. The molecule has 1 amide bonds. The van der Waals surface area contributed by atoms with Gasteiger partial charge in [-0.2, -0.15) is 0 Å². The molecule has 0 unspecified atom stereocenters. The van der Waals surface area contributed by atoms with Gasteiger partial charge in [-0.3, -0.25) is 19.1 Å². The van der Waals surface area contributed by atoms with Gasteiger partial charge in [0.1, 0.15) is 11.3 Å². The van der Waals surface area contributed by atoms with Crippen molar-refractivity contribution >= 4 is 11.6 Å². The number of para-hydroxylation sites is 1. The number of benzene rings is 3. The Kier molecular flexibility index (Phi) is 7.56. The molecule has 0 aliphatic heterocycles. The van der Waals surface area contributed by atoms with Crippen molar-refractivity contribution in [3.05, 3.63) is 137 Å². The lowest BCUT2D eigenvalue weighted by Crippen LogP contribution is -2.27. The van der Waals surface area contributed by atoms with E-state index in [2.05, 4.69) is 10.3 Å². The molecule has 0 aliphatic rings. The first-order valence-electron chi connectivity index (χ1n) is 12.3. The molecule has 5 rings (SSSR count). The molecule has 3 aromatic carbocycles. The number of carbonyl (C=O) groups excluding carboxylic acids is 1. The van der Waals surface area contributed by atoms with Gasteiger partial charge >= 0.3 is 0 Å². The summed E-state index contributed by atoms with van der Waals surface area (Å²) in [6.07, 6.45) is 5.58. The van der Waals surface area contributed by atoms with E-state index < -0.39 is 17.3 Å². The third-order valence-electron chi connectivity index (χ3n) is 6.11. The number of halogens is 1. The molecule has 8 heteroatoms. The van der Waals surface area contributed by atoms with Crippen molar-refractivity contribution in [2.24, 2.45) is 5.73 Å². The second-order valence-corrected chi connectivity index (χ2v) is 8.74. The van der Waals surface area contributed by atoms with Crippen molar-refractivity contribution in [1.82, 2.24) is 9.55 Å². The Bertz CT molecular complexity index is 1670. The Morgan fingerprint density at radius 2 is 1.74 bits per heavy atom. The smallest absolute Gasteiger partial charge is 0.267 e. The van der Waals surface area contributed by atoms with Crippen LogP contribution < -0.4 is 21.3 Å². The van der Waals surface area contributed by atoms with Gasteiger partial charge in [0.15, 0.2) is 11.6 Å². The van der Waals surface area contributed by atoms with Gasteiger partial charge in [0, 0.05) is 41.6 Å². The average molecular weight is 521 g/mol. The largest absolute Gasteiger partial charge is 0.454 e. The summed E-state index contributed by atoms with van der Waals surface area (Å²) in [5, 5.41) is 2.60. The highest BCUT2D eigenvalue weighted by Crippen LogP contribution is 2.34. The number of aromatic nitrogens is 2. The summed E-state index contributed by atoms with van der Waals surface area (Å²) >= 11 is 0. The molecule has 2 aromatic heterocycles. The maximum absolute atomic E-state index is 15.1. The lowest BCUT2D eigenvalue weighted by molar-refractivity contribution is 0.102. The highest BCUT2D eigenvalue weighted by Gasteiger charge is 2.16. The van der Waals surface area contributed by atoms with Crippen LogP contribution in [0.25, 0.3) is 16.8 Å².